The number of para-hydroxylation sites is 1. The fourth-order valence-electron chi connectivity index (χ4n) is 7.21. The van der Waals surface area contributed by atoms with E-state index in [0.717, 1.165) is 11.8 Å². The number of rotatable bonds is 5. The van der Waals surface area contributed by atoms with E-state index >= 15 is 0 Å². The van der Waals surface area contributed by atoms with E-state index in [-0.39, 0.29) is 35.8 Å². The number of carbonyl (C=O) groups is 2. The second kappa shape index (κ2) is 6.82. The number of fused-ring (bicyclic) bond motifs is 4. The normalized spacial score (nSPS) is 34.6. The molecule has 2 aliphatic heterocycles. The SMILES string of the molecule is C=C(c1cc2ccccc2o1)[C@]12CCN(S(=O)(=O)C[C@]34CC[C@H](CC3=O)C4(C)C)[C@H]1CC(=O)O2. The molecule has 0 unspecified atom stereocenters. The van der Waals surface area contributed by atoms with Crippen molar-refractivity contribution in [3.63, 3.8) is 0 Å². The van der Waals surface area contributed by atoms with Gasteiger partial charge in [-0.05, 0) is 36.3 Å². The van der Waals surface area contributed by atoms with Gasteiger partial charge in [0.25, 0.3) is 0 Å². The zero-order chi connectivity index (χ0) is 24.1. The maximum atomic E-state index is 13.9. The molecule has 2 aliphatic carbocycles. The molecular weight excluding hydrogens is 454 g/mol. The predicted molar refractivity (Wildman–Crippen MR) is 126 cm³/mol. The summed E-state index contributed by atoms with van der Waals surface area (Å²) in [5.74, 6) is 0.133. The van der Waals surface area contributed by atoms with Crippen molar-refractivity contribution < 1.29 is 27.2 Å². The van der Waals surface area contributed by atoms with E-state index in [1.54, 1.807) is 0 Å². The van der Waals surface area contributed by atoms with Crippen LogP contribution in [-0.4, -0.2) is 48.4 Å². The molecule has 0 radical (unpaired) electrons. The molecule has 1 aromatic carbocycles. The first-order valence-corrected chi connectivity index (χ1v) is 13.5. The number of ether oxygens (including phenoxy) is 1. The number of hydrogen-bond acceptors (Lipinski definition) is 6. The summed E-state index contributed by atoms with van der Waals surface area (Å²) in [6, 6.07) is 8.71. The molecule has 0 amide bonds. The summed E-state index contributed by atoms with van der Waals surface area (Å²) < 4.78 is 40.9. The molecule has 2 bridgehead atoms. The van der Waals surface area contributed by atoms with E-state index in [2.05, 4.69) is 6.58 Å². The van der Waals surface area contributed by atoms with Crippen molar-refractivity contribution in [3.8, 4) is 0 Å². The summed E-state index contributed by atoms with van der Waals surface area (Å²) in [5, 5.41) is 0.898. The minimum Gasteiger partial charge on any atom is -0.456 e. The van der Waals surface area contributed by atoms with Crippen molar-refractivity contribution in [3.05, 3.63) is 42.7 Å². The first-order chi connectivity index (χ1) is 16.0. The van der Waals surface area contributed by atoms with Gasteiger partial charge in [-0.3, -0.25) is 9.59 Å². The molecule has 4 atom stereocenters. The first-order valence-electron chi connectivity index (χ1n) is 11.9. The van der Waals surface area contributed by atoms with Crippen LogP contribution in [0.1, 0.15) is 51.7 Å². The van der Waals surface area contributed by atoms with E-state index < -0.39 is 33.1 Å². The van der Waals surface area contributed by atoms with Crippen molar-refractivity contribution in [1.29, 1.82) is 0 Å². The zero-order valence-corrected chi connectivity index (χ0v) is 20.3. The average molecular weight is 484 g/mol. The number of carbonyl (C=O) groups excluding carboxylic acids is 2. The third-order valence-corrected chi connectivity index (χ3v) is 11.4. The van der Waals surface area contributed by atoms with Crippen LogP contribution in [0.15, 0.2) is 41.3 Å². The predicted octanol–water partition coefficient (Wildman–Crippen LogP) is 3.93. The highest BCUT2D eigenvalue weighted by Crippen LogP contribution is 2.64. The molecule has 180 valence electrons. The standard InChI is InChI=1S/C26H29NO6S/c1-16(20-12-17-6-4-5-7-19(17)32-20)26-10-11-27(21(26)14-23(29)33-26)34(30,31)15-25-9-8-18(13-22(25)28)24(25,2)3/h4-7,12,18,21H,1,8-11,13-15H2,2-3H3/t18-,21+,25-,26-/m1/s1. The molecule has 4 aliphatic rings. The summed E-state index contributed by atoms with van der Waals surface area (Å²) in [7, 11) is -3.84. The van der Waals surface area contributed by atoms with Gasteiger partial charge >= 0.3 is 5.97 Å². The number of nitrogens with zero attached hydrogens (tertiary/aromatic N) is 1. The minimum atomic E-state index is -3.84. The van der Waals surface area contributed by atoms with Gasteiger partial charge in [0.15, 0.2) is 5.60 Å². The number of benzene rings is 1. The van der Waals surface area contributed by atoms with Crippen molar-refractivity contribution in [2.75, 3.05) is 12.3 Å². The minimum absolute atomic E-state index is 0.0363. The van der Waals surface area contributed by atoms with Gasteiger partial charge in [0, 0.05) is 35.8 Å². The molecule has 2 saturated carbocycles. The molecule has 4 fully saturated rings. The molecule has 1 aromatic heterocycles. The topological polar surface area (TPSA) is 93.9 Å². The Bertz CT molecular complexity index is 1320. The maximum absolute atomic E-state index is 13.9. The van der Waals surface area contributed by atoms with Crippen molar-refractivity contribution in [2.45, 2.75) is 57.6 Å². The fourth-order valence-corrected chi connectivity index (χ4v) is 9.68. The summed E-state index contributed by atoms with van der Waals surface area (Å²) in [4.78, 5) is 25.5. The smallest absolute Gasteiger partial charge is 0.308 e. The highest BCUT2D eigenvalue weighted by molar-refractivity contribution is 7.89. The van der Waals surface area contributed by atoms with Crippen LogP contribution in [0.2, 0.25) is 0 Å². The lowest BCUT2D eigenvalue weighted by Crippen LogP contribution is -2.50. The molecule has 6 rings (SSSR count). The van der Waals surface area contributed by atoms with Gasteiger partial charge in [0.05, 0.1) is 18.2 Å². The van der Waals surface area contributed by atoms with E-state index in [1.807, 2.05) is 44.2 Å². The molecule has 8 heteroatoms. The molecule has 7 nitrogen and oxygen atoms in total. The van der Waals surface area contributed by atoms with Gasteiger partial charge in [-0.1, -0.05) is 38.6 Å². The Hall–Kier alpha value is -2.45. The average Bonchev–Trinajstić information content (AvgIpc) is 3.52. The lowest BCUT2D eigenvalue weighted by molar-refractivity contribution is -0.144. The van der Waals surface area contributed by atoms with Crippen LogP contribution < -0.4 is 0 Å². The van der Waals surface area contributed by atoms with Crippen LogP contribution in [-0.2, 0) is 24.3 Å². The summed E-state index contributed by atoms with van der Waals surface area (Å²) in [6.45, 7) is 8.50. The summed E-state index contributed by atoms with van der Waals surface area (Å²) in [6.07, 6.45) is 2.22. The van der Waals surface area contributed by atoms with E-state index in [1.165, 1.54) is 4.31 Å². The van der Waals surface area contributed by atoms with Gasteiger partial charge in [-0.25, -0.2) is 8.42 Å². The Balaban J connectivity index is 1.34. The Labute approximate surface area is 199 Å². The first kappa shape index (κ1) is 22.0. The number of hydrogen-bond donors (Lipinski definition) is 0. The quantitative estimate of drug-likeness (QED) is 0.598. The molecule has 3 heterocycles. The summed E-state index contributed by atoms with van der Waals surface area (Å²) in [5.41, 5.74) is -1.21. The van der Waals surface area contributed by atoms with Crippen molar-refractivity contribution in [2.24, 2.45) is 16.7 Å². The molecule has 34 heavy (non-hydrogen) atoms. The molecule has 2 aromatic rings. The van der Waals surface area contributed by atoms with Crippen LogP contribution in [0.4, 0.5) is 0 Å². The third kappa shape index (κ3) is 2.69. The largest absolute Gasteiger partial charge is 0.456 e. The lowest BCUT2D eigenvalue weighted by atomic mass is 9.70. The van der Waals surface area contributed by atoms with Gasteiger partial charge in [0.1, 0.15) is 17.1 Å². The molecule has 2 saturated heterocycles. The monoisotopic (exact) mass is 483 g/mol. The Morgan fingerprint density at radius 1 is 1.18 bits per heavy atom. The van der Waals surface area contributed by atoms with Crippen molar-refractivity contribution in [1.82, 2.24) is 4.31 Å². The number of esters is 1. The van der Waals surface area contributed by atoms with Gasteiger partial charge in [-0.2, -0.15) is 4.31 Å². The van der Waals surface area contributed by atoms with E-state index in [9.17, 15) is 18.0 Å². The van der Waals surface area contributed by atoms with Crippen molar-refractivity contribution >= 4 is 38.3 Å². The number of ketones is 1. The molecule has 0 spiro atoms. The third-order valence-electron chi connectivity index (χ3n) is 9.40. The maximum Gasteiger partial charge on any atom is 0.308 e. The second-order valence-corrected chi connectivity index (χ2v) is 12.9. The Morgan fingerprint density at radius 2 is 1.94 bits per heavy atom. The number of sulfonamides is 1. The summed E-state index contributed by atoms with van der Waals surface area (Å²) >= 11 is 0. The van der Waals surface area contributed by atoms with Crippen LogP contribution in [0.25, 0.3) is 16.5 Å². The van der Waals surface area contributed by atoms with Crippen LogP contribution >= 0.6 is 0 Å². The Kier molecular flexibility index (Phi) is 4.42. The number of furan rings is 1. The molecule has 0 N–H and O–H groups in total. The highest BCUT2D eigenvalue weighted by Gasteiger charge is 2.67. The second-order valence-electron chi connectivity index (χ2n) is 11.0. The van der Waals surface area contributed by atoms with Gasteiger partial charge in [0.2, 0.25) is 10.0 Å². The van der Waals surface area contributed by atoms with Crippen LogP contribution in [0, 0.1) is 16.7 Å². The molecular formula is C26H29NO6S. The highest BCUT2D eigenvalue weighted by atomic mass is 32.2. The van der Waals surface area contributed by atoms with Gasteiger partial charge in [-0.15, -0.1) is 0 Å². The Morgan fingerprint density at radius 3 is 2.62 bits per heavy atom. The lowest BCUT2D eigenvalue weighted by Gasteiger charge is -2.38. The fraction of sp³-hybridized carbons (Fsp3) is 0.538. The van der Waals surface area contributed by atoms with E-state index in [4.69, 9.17) is 9.15 Å². The van der Waals surface area contributed by atoms with Gasteiger partial charge < -0.3 is 9.15 Å². The van der Waals surface area contributed by atoms with E-state index in [0.29, 0.717) is 36.2 Å². The zero-order valence-electron chi connectivity index (χ0n) is 19.5. The van der Waals surface area contributed by atoms with Crippen LogP contribution in [0.3, 0.4) is 0 Å². The van der Waals surface area contributed by atoms with Crippen LogP contribution in [0.5, 0.6) is 0 Å². The number of Topliss-reactive ketones (excluding diaryl/α,β-unsaturated/α-hetero) is 1.